The van der Waals surface area contributed by atoms with Gasteiger partial charge in [-0.3, -0.25) is 9.59 Å². The van der Waals surface area contributed by atoms with Gasteiger partial charge in [0.1, 0.15) is 18.9 Å². The third kappa shape index (κ3) is 4.84. The monoisotopic (exact) mass is 348 g/mol. The molecule has 1 aromatic carbocycles. The molecule has 0 saturated heterocycles. The number of urea groups is 1. The van der Waals surface area contributed by atoms with Crippen LogP contribution in [0.1, 0.15) is 0 Å². The predicted molar refractivity (Wildman–Crippen MR) is 70.0 cm³/mol. The third-order valence-corrected chi connectivity index (χ3v) is 2.80. The minimum Gasteiger partial charge on any atom is -0.480 e. The van der Waals surface area contributed by atoms with Crippen molar-refractivity contribution in [2.45, 2.75) is 0 Å². The molecule has 0 spiro atoms. The van der Waals surface area contributed by atoms with Gasteiger partial charge in [0.15, 0.2) is 0 Å². The normalized spacial score (nSPS) is 9.90. The number of halogens is 2. The quantitative estimate of drug-likeness (QED) is 0.748. The van der Waals surface area contributed by atoms with Gasteiger partial charge in [-0.05, 0) is 34.1 Å². The van der Waals surface area contributed by atoms with Crippen molar-refractivity contribution in [2.75, 3.05) is 18.4 Å². The van der Waals surface area contributed by atoms with Crippen LogP contribution in [0.15, 0.2) is 22.7 Å². The van der Waals surface area contributed by atoms with Crippen LogP contribution in [-0.4, -0.2) is 46.2 Å². The molecule has 0 aliphatic heterocycles. The molecular formula is C11H10BrFN2O5. The maximum absolute atomic E-state index is 13.0. The van der Waals surface area contributed by atoms with Crippen LogP contribution in [0.3, 0.4) is 0 Å². The average Bonchev–Trinajstić information content (AvgIpc) is 2.31. The van der Waals surface area contributed by atoms with E-state index in [9.17, 15) is 18.8 Å². The summed E-state index contributed by atoms with van der Waals surface area (Å²) in [6.45, 7) is -1.57. The second kappa shape index (κ2) is 6.85. The maximum Gasteiger partial charge on any atom is 0.323 e. The van der Waals surface area contributed by atoms with Gasteiger partial charge in [-0.1, -0.05) is 0 Å². The van der Waals surface area contributed by atoms with Crippen LogP contribution in [-0.2, 0) is 9.59 Å². The summed E-state index contributed by atoms with van der Waals surface area (Å²) in [5, 5.41) is 19.5. The van der Waals surface area contributed by atoms with Gasteiger partial charge < -0.3 is 20.4 Å². The zero-order valence-electron chi connectivity index (χ0n) is 9.97. The molecule has 0 heterocycles. The number of carbonyl (C=O) groups excluding carboxylic acids is 1. The average molecular weight is 349 g/mol. The molecule has 0 aliphatic rings. The Hall–Kier alpha value is -2.16. The number of amides is 2. The fourth-order valence-electron chi connectivity index (χ4n) is 1.31. The molecule has 0 aromatic heterocycles. The Morgan fingerprint density at radius 3 is 2.25 bits per heavy atom. The summed E-state index contributed by atoms with van der Waals surface area (Å²) in [6, 6.07) is 2.57. The van der Waals surface area contributed by atoms with Crippen LogP contribution >= 0.6 is 15.9 Å². The second-order valence-electron chi connectivity index (χ2n) is 3.70. The van der Waals surface area contributed by atoms with Crippen LogP contribution < -0.4 is 5.32 Å². The van der Waals surface area contributed by atoms with Gasteiger partial charge >= 0.3 is 18.0 Å². The van der Waals surface area contributed by atoms with E-state index in [0.717, 1.165) is 12.1 Å². The van der Waals surface area contributed by atoms with E-state index in [1.807, 2.05) is 0 Å². The molecule has 3 N–H and O–H groups in total. The van der Waals surface area contributed by atoms with Crippen LogP contribution in [0, 0.1) is 5.82 Å². The Morgan fingerprint density at radius 1 is 1.20 bits per heavy atom. The van der Waals surface area contributed by atoms with E-state index in [2.05, 4.69) is 21.2 Å². The van der Waals surface area contributed by atoms with Gasteiger partial charge in [0, 0.05) is 4.47 Å². The first-order valence-electron chi connectivity index (χ1n) is 5.24. The van der Waals surface area contributed by atoms with Crippen LogP contribution in [0.4, 0.5) is 14.9 Å². The van der Waals surface area contributed by atoms with Gasteiger partial charge in [0.25, 0.3) is 0 Å². The molecule has 108 valence electrons. The smallest absolute Gasteiger partial charge is 0.323 e. The molecule has 0 atom stereocenters. The van der Waals surface area contributed by atoms with E-state index in [1.165, 1.54) is 6.07 Å². The molecule has 1 aromatic rings. The van der Waals surface area contributed by atoms with Gasteiger partial charge in [-0.15, -0.1) is 0 Å². The van der Waals surface area contributed by atoms with Gasteiger partial charge in [0.05, 0.1) is 5.69 Å². The predicted octanol–water partition coefficient (Wildman–Crippen LogP) is 1.59. The lowest BCUT2D eigenvalue weighted by molar-refractivity contribution is -0.140. The Labute approximate surface area is 121 Å². The number of hydrogen-bond acceptors (Lipinski definition) is 3. The first kappa shape index (κ1) is 15.9. The lowest BCUT2D eigenvalue weighted by Gasteiger charge is -2.19. The molecule has 0 fully saturated rings. The minimum absolute atomic E-state index is 0.0655. The van der Waals surface area contributed by atoms with E-state index < -0.39 is 36.9 Å². The molecule has 0 bridgehead atoms. The summed E-state index contributed by atoms with van der Waals surface area (Å²) in [7, 11) is 0. The number of carboxylic acids is 2. The molecule has 0 radical (unpaired) electrons. The third-order valence-electron chi connectivity index (χ3n) is 2.11. The van der Waals surface area contributed by atoms with Crippen LogP contribution in [0.25, 0.3) is 0 Å². The largest absolute Gasteiger partial charge is 0.480 e. The number of nitrogens with one attached hydrogen (secondary N) is 1. The number of aliphatic carboxylic acids is 2. The van der Waals surface area contributed by atoms with Crippen molar-refractivity contribution in [1.82, 2.24) is 4.90 Å². The highest BCUT2D eigenvalue weighted by Gasteiger charge is 2.20. The lowest BCUT2D eigenvalue weighted by atomic mass is 10.3. The van der Waals surface area contributed by atoms with Crippen molar-refractivity contribution in [1.29, 1.82) is 0 Å². The summed E-state index contributed by atoms with van der Waals surface area (Å²) in [5.74, 6) is -3.33. The van der Waals surface area contributed by atoms with Crippen molar-refractivity contribution >= 4 is 39.6 Å². The first-order chi connectivity index (χ1) is 9.29. The molecule has 9 heteroatoms. The highest BCUT2D eigenvalue weighted by atomic mass is 79.9. The van der Waals surface area contributed by atoms with Crippen molar-refractivity contribution in [3.05, 3.63) is 28.5 Å². The summed E-state index contributed by atoms with van der Waals surface area (Å²) >= 11 is 3.08. The van der Waals surface area contributed by atoms with Crippen molar-refractivity contribution in [3.8, 4) is 0 Å². The van der Waals surface area contributed by atoms with E-state index in [4.69, 9.17) is 10.2 Å². The SMILES string of the molecule is O=C(O)CN(CC(=O)O)C(=O)Nc1cc(F)ccc1Br. The summed E-state index contributed by atoms with van der Waals surface area (Å²) < 4.78 is 13.4. The molecule has 7 nitrogen and oxygen atoms in total. The van der Waals surface area contributed by atoms with E-state index in [-0.39, 0.29) is 5.69 Å². The number of benzene rings is 1. The Morgan fingerprint density at radius 2 is 1.75 bits per heavy atom. The number of nitrogens with zero attached hydrogens (tertiary/aromatic N) is 1. The standard InChI is InChI=1S/C11H10BrFN2O5/c12-7-2-1-6(13)3-8(7)14-11(20)15(4-9(16)17)5-10(18)19/h1-3H,4-5H2,(H,14,20)(H,16,17)(H,18,19). The van der Waals surface area contributed by atoms with E-state index in [1.54, 1.807) is 0 Å². The first-order valence-corrected chi connectivity index (χ1v) is 6.03. The van der Waals surface area contributed by atoms with E-state index >= 15 is 0 Å². The molecule has 0 unspecified atom stereocenters. The highest BCUT2D eigenvalue weighted by Crippen LogP contribution is 2.23. The molecule has 0 saturated carbocycles. The molecule has 1 rings (SSSR count). The lowest BCUT2D eigenvalue weighted by Crippen LogP contribution is -2.42. The number of hydrogen-bond donors (Lipinski definition) is 3. The fraction of sp³-hybridized carbons (Fsp3) is 0.182. The molecule has 20 heavy (non-hydrogen) atoms. The Bertz CT molecular complexity index is 536. The van der Waals surface area contributed by atoms with Crippen LogP contribution in [0.5, 0.6) is 0 Å². The van der Waals surface area contributed by atoms with Crippen LogP contribution in [0.2, 0.25) is 0 Å². The minimum atomic E-state index is -1.36. The molecular weight excluding hydrogens is 339 g/mol. The molecule has 2 amide bonds. The summed E-state index contributed by atoms with van der Waals surface area (Å²) in [6.07, 6.45) is 0. The van der Waals surface area contributed by atoms with Gasteiger partial charge in [-0.25, -0.2) is 9.18 Å². The fourth-order valence-corrected chi connectivity index (χ4v) is 1.66. The van der Waals surface area contributed by atoms with Crippen molar-refractivity contribution < 1.29 is 29.0 Å². The number of anilines is 1. The number of carbonyl (C=O) groups is 3. The topological polar surface area (TPSA) is 107 Å². The zero-order chi connectivity index (χ0) is 15.3. The maximum atomic E-state index is 13.0. The van der Waals surface area contributed by atoms with Gasteiger partial charge in [-0.2, -0.15) is 0 Å². The molecule has 0 aliphatic carbocycles. The highest BCUT2D eigenvalue weighted by molar-refractivity contribution is 9.10. The van der Waals surface area contributed by atoms with Crippen molar-refractivity contribution in [3.63, 3.8) is 0 Å². The summed E-state index contributed by atoms with van der Waals surface area (Å²) in [4.78, 5) is 33.5. The number of rotatable bonds is 5. The second-order valence-corrected chi connectivity index (χ2v) is 4.55. The Balaban J connectivity index is 2.86. The Kier molecular flexibility index (Phi) is 5.44. The number of carboxylic acid groups (broad SMARTS) is 2. The summed E-state index contributed by atoms with van der Waals surface area (Å²) in [5.41, 5.74) is 0.0655. The zero-order valence-corrected chi connectivity index (χ0v) is 11.6. The van der Waals surface area contributed by atoms with E-state index in [0.29, 0.717) is 9.37 Å². The van der Waals surface area contributed by atoms with Crippen molar-refractivity contribution in [2.24, 2.45) is 0 Å². The van der Waals surface area contributed by atoms with Gasteiger partial charge in [0.2, 0.25) is 0 Å².